The van der Waals surface area contributed by atoms with Crippen LogP contribution in [-0.2, 0) is 17.7 Å². The number of unbranched alkanes of at least 4 members (excludes halogenated alkanes) is 1. The third kappa shape index (κ3) is 6.74. The van der Waals surface area contributed by atoms with Gasteiger partial charge in [-0.25, -0.2) is 4.98 Å². The molecule has 1 aliphatic carbocycles. The predicted octanol–water partition coefficient (Wildman–Crippen LogP) is 8.76. The van der Waals surface area contributed by atoms with Gasteiger partial charge in [-0.3, -0.25) is 10.3 Å². The molecular weight excluding hydrogens is 580 g/mol. The van der Waals surface area contributed by atoms with Crippen molar-refractivity contribution in [2.75, 3.05) is 20.7 Å². The summed E-state index contributed by atoms with van der Waals surface area (Å²) in [4.78, 5) is 9.17. The van der Waals surface area contributed by atoms with E-state index < -0.39 is 0 Å². The third-order valence-electron chi connectivity index (χ3n) is 9.59. The third-order valence-corrected chi connectivity index (χ3v) is 9.87. The van der Waals surface area contributed by atoms with Gasteiger partial charge in [0, 0.05) is 44.3 Å². The van der Waals surface area contributed by atoms with Gasteiger partial charge in [0.1, 0.15) is 17.3 Å². The van der Waals surface area contributed by atoms with E-state index >= 15 is 0 Å². The minimum atomic E-state index is -0.326. The Bertz CT molecular complexity index is 1590. The fourth-order valence-electron chi connectivity index (χ4n) is 7.21. The number of nitrogens with zero attached hydrogens (tertiary/aromatic N) is 3. The van der Waals surface area contributed by atoms with E-state index in [-0.39, 0.29) is 17.7 Å². The summed E-state index contributed by atoms with van der Waals surface area (Å²) in [6.45, 7) is 3.72. The van der Waals surface area contributed by atoms with Gasteiger partial charge in [0.25, 0.3) is 0 Å². The fourth-order valence-corrected chi connectivity index (χ4v) is 7.51. The number of benzene rings is 3. The van der Waals surface area contributed by atoms with Gasteiger partial charge >= 0.3 is 0 Å². The topological polar surface area (TPSA) is 60.7 Å². The summed E-state index contributed by atoms with van der Waals surface area (Å²) in [7, 11) is 3.52. The molecule has 1 N–H and O–H groups in total. The lowest BCUT2D eigenvalue weighted by molar-refractivity contribution is -0.170. The summed E-state index contributed by atoms with van der Waals surface area (Å²) in [6.07, 6.45) is 10.3. The Morgan fingerprint density at radius 1 is 1.04 bits per heavy atom. The minimum Gasteiger partial charge on any atom is -0.497 e. The smallest absolute Gasteiger partial charge is 0.154 e. The molecule has 4 aromatic rings. The molecule has 7 heteroatoms. The summed E-state index contributed by atoms with van der Waals surface area (Å²) in [5, 5.41) is 4.30. The zero-order valence-electron chi connectivity index (χ0n) is 26.8. The second-order valence-electron chi connectivity index (χ2n) is 12.4. The molecule has 6 nitrogen and oxygen atoms in total. The number of methoxy groups -OCH3 is 1. The Kier molecular flexibility index (Phi) is 10.0. The molecule has 3 aromatic carbocycles. The second-order valence-corrected chi connectivity index (χ2v) is 12.8. The summed E-state index contributed by atoms with van der Waals surface area (Å²) in [5.74, 6) is 2.15. The van der Waals surface area contributed by atoms with E-state index in [0.29, 0.717) is 11.7 Å². The van der Waals surface area contributed by atoms with E-state index in [1.807, 2.05) is 13.3 Å². The number of hydrogen-bond donors (Lipinski definition) is 1. The molecule has 2 aliphatic rings. The molecule has 1 aliphatic heterocycles. The first-order valence-electron chi connectivity index (χ1n) is 16.5. The summed E-state index contributed by atoms with van der Waals surface area (Å²) >= 11 is 7.02. The molecule has 2 unspecified atom stereocenters. The van der Waals surface area contributed by atoms with Crippen LogP contribution in [0.3, 0.4) is 0 Å². The van der Waals surface area contributed by atoms with Crippen LogP contribution < -0.4 is 10.1 Å². The van der Waals surface area contributed by atoms with Crippen LogP contribution in [0.1, 0.15) is 92.2 Å². The predicted molar refractivity (Wildman–Crippen MR) is 184 cm³/mol. The van der Waals surface area contributed by atoms with Crippen molar-refractivity contribution < 1.29 is 9.47 Å². The zero-order chi connectivity index (χ0) is 31.2. The molecule has 2 heterocycles. The number of aliphatic imine (C=N–C) groups is 1. The Hall–Kier alpha value is -3.45. The molecular formula is C38H45ClN4O2. The first-order valence-corrected chi connectivity index (χ1v) is 16.8. The quantitative estimate of drug-likeness (QED) is 0.179. The first kappa shape index (κ1) is 31.5. The van der Waals surface area contributed by atoms with Crippen molar-refractivity contribution in [3.63, 3.8) is 0 Å². The fraction of sp³-hybridized carbons (Fsp3) is 0.421. The average Bonchev–Trinajstić information content (AvgIpc) is 3.39. The van der Waals surface area contributed by atoms with Crippen LogP contribution in [0, 0.1) is 0 Å². The molecule has 0 amide bonds. The van der Waals surface area contributed by atoms with Gasteiger partial charge in [-0.05, 0) is 53.6 Å². The van der Waals surface area contributed by atoms with Gasteiger partial charge < -0.3 is 14.0 Å². The van der Waals surface area contributed by atoms with Crippen molar-refractivity contribution in [2.45, 2.75) is 82.6 Å². The summed E-state index contributed by atoms with van der Waals surface area (Å²) in [6, 6.07) is 25.7. The molecule has 1 aromatic heterocycles. The van der Waals surface area contributed by atoms with Crippen LogP contribution in [0.2, 0.25) is 5.15 Å². The van der Waals surface area contributed by atoms with Crippen LogP contribution in [0.25, 0.3) is 11.1 Å². The number of aromatic nitrogens is 2. The Balaban J connectivity index is 1.31. The minimum absolute atomic E-state index is 0.248. The van der Waals surface area contributed by atoms with E-state index in [9.17, 15) is 0 Å². The van der Waals surface area contributed by atoms with Gasteiger partial charge in [0.05, 0.1) is 12.7 Å². The first-order chi connectivity index (χ1) is 22.0. The normalized spacial score (nSPS) is 19.7. The van der Waals surface area contributed by atoms with Crippen molar-refractivity contribution in [1.29, 1.82) is 0 Å². The lowest BCUT2D eigenvalue weighted by Gasteiger charge is -2.50. The van der Waals surface area contributed by atoms with Crippen molar-refractivity contribution in [1.82, 2.24) is 14.9 Å². The molecule has 0 bridgehead atoms. The molecule has 236 valence electrons. The highest BCUT2D eigenvalue weighted by atomic mass is 35.5. The molecule has 6 rings (SSSR count). The maximum Gasteiger partial charge on any atom is 0.154 e. The van der Waals surface area contributed by atoms with Crippen LogP contribution in [-0.4, -0.2) is 42.1 Å². The Morgan fingerprint density at radius 3 is 2.51 bits per heavy atom. The van der Waals surface area contributed by atoms with Gasteiger partial charge in [0.15, 0.2) is 11.4 Å². The molecule has 2 atom stereocenters. The summed E-state index contributed by atoms with van der Waals surface area (Å²) < 4.78 is 15.0. The zero-order valence-corrected chi connectivity index (χ0v) is 27.5. The van der Waals surface area contributed by atoms with Crippen LogP contribution in [0.15, 0.2) is 77.8 Å². The number of aryl methyl sites for hydroxylation is 1. The number of halogens is 1. The van der Waals surface area contributed by atoms with Crippen molar-refractivity contribution in [3.8, 4) is 16.9 Å². The monoisotopic (exact) mass is 624 g/mol. The molecule has 2 fully saturated rings. The highest BCUT2D eigenvalue weighted by Gasteiger charge is 2.47. The van der Waals surface area contributed by atoms with Gasteiger partial charge in [-0.2, -0.15) is 0 Å². The number of rotatable bonds is 10. The van der Waals surface area contributed by atoms with E-state index in [2.05, 4.69) is 94.6 Å². The highest BCUT2D eigenvalue weighted by Crippen LogP contribution is 2.48. The molecule has 1 spiro atoms. The largest absolute Gasteiger partial charge is 0.497 e. The SMILES string of the molecule is CCCCc1nc(Cl)c(C2NCC(c3ccc(OC)cc3)C3(CCCCC3)O2)n1Cc1ccc(-c2ccccc2C=NC)cc1. The van der Waals surface area contributed by atoms with Crippen LogP contribution >= 0.6 is 11.6 Å². The lowest BCUT2D eigenvalue weighted by Crippen LogP contribution is -2.53. The van der Waals surface area contributed by atoms with Crippen LogP contribution in [0.4, 0.5) is 0 Å². The second kappa shape index (κ2) is 14.3. The van der Waals surface area contributed by atoms with Gasteiger partial charge in [0.2, 0.25) is 0 Å². The average molecular weight is 625 g/mol. The molecule has 1 saturated carbocycles. The van der Waals surface area contributed by atoms with E-state index in [4.69, 9.17) is 26.1 Å². The maximum atomic E-state index is 7.21. The maximum absolute atomic E-state index is 7.21. The molecule has 45 heavy (non-hydrogen) atoms. The molecule has 0 radical (unpaired) electrons. The van der Waals surface area contributed by atoms with E-state index in [1.165, 1.54) is 41.5 Å². The summed E-state index contributed by atoms with van der Waals surface area (Å²) in [5.41, 5.74) is 6.64. The highest BCUT2D eigenvalue weighted by molar-refractivity contribution is 6.30. The Labute approximate surface area is 272 Å². The van der Waals surface area contributed by atoms with Crippen molar-refractivity contribution >= 4 is 17.8 Å². The van der Waals surface area contributed by atoms with Gasteiger partial charge in [-0.1, -0.05) is 105 Å². The van der Waals surface area contributed by atoms with E-state index in [0.717, 1.165) is 61.5 Å². The lowest BCUT2D eigenvalue weighted by atomic mass is 9.71. The number of nitrogens with one attached hydrogen (secondary N) is 1. The van der Waals surface area contributed by atoms with Gasteiger partial charge in [-0.15, -0.1) is 0 Å². The number of ether oxygens (including phenoxy) is 2. The van der Waals surface area contributed by atoms with Crippen molar-refractivity contribution in [2.24, 2.45) is 4.99 Å². The molecule has 1 saturated heterocycles. The standard InChI is InChI=1S/C38H45ClN4O2/c1-4-5-13-34-42-36(39)35(43(34)26-27-14-16-28(17-15-27)32-12-8-7-11-30(32)24-40-2)37-41-25-33(29-18-20-31(44-3)21-19-29)38(45-37)22-9-6-10-23-38/h7-8,11-12,14-21,24,33,37,41H,4-6,9-10,13,22-23,25-26H2,1-3H3. The number of imidazole rings is 1. The van der Waals surface area contributed by atoms with Crippen LogP contribution in [0.5, 0.6) is 5.75 Å². The number of hydrogen-bond acceptors (Lipinski definition) is 5. The van der Waals surface area contributed by atoms with E-state index in [1.54, 1.807) is 7.11 Å². The Morgan fingerprint density at radius 2 is 1.80 bits per heavy atom. The van der Waals surface area contributed by atoms with Crippen molar-refractivity contribution in [3.05, 3.63) is 106 Å².